The first-order valence-corrected chi connectivity index (χ1v) is 11.3. The first-order valence-electron chi connectivity index (χ1n) is 11.3. The van der Waals surface area contributed by atoms with Gasteiger partial charge in [-0.25, -0.2) is 9.97 Å². The lowest BCUT2D eigenvalue weighted by atomic mass is 10.2. The van der Waals surface area contributed by atoms with Crippen LogP contribution in [-0.4, -0.2) is 72.8 Å². The van der Waals surface area contributed by atoms with E-state index in [1.807, 2.05) is 59.8 Å². The Morgan fingerprint density at radius 2 is 2.15 bits per heavy atom. The zero-order valence-electron chi connectivity index (χ0n) is 20.3. The van der Waals surface area contributed by atoms with E-state index in [9.17, 15) is 4.79 Å². The van der Waals surface area contributed by atoms with Crippen LogP contribution in [0.2, 0.25) is 0 Å². The van der Waals surface area contributed by atoms with Crippen LogP contribution < -0.4 is 19.9 Å². The molecule has 10 nitrogen and oxygen atoms in total. The van der Waals surface area contributed by atoms with E-state index in [0.717, 1.165) is 47.0 Å². The Morgan fingerprint density at radius 1 is 1.32 bits per heavy atom. The molecule has 2 aromatic heterocycles. The van der Waals surface area contributed by atoms with E-state index in [2.05, 4.69) is 17.2 Å². The van der Waals surface area contributed by atoms with Crippen LogP contribution in [0, 0.1) is 6.92 Å². The number of aryl methyl sites for hydroxylation is 2. The largest absolute Gasteiger partial charge is 0.494 e. The smallest absolute Gasteiger partial charge is 0.229 e. The highest BCUT2D eigenvalue weighted by Crippen LogP contribution is 2.34. The number of benzene rings is 1. The van der Waals surface area contributed by atoms with Crippen molar-refractivity contribution in [3.05, 3.63) is 42.1 Å². The number of carbonyl (C=O) groups is 1. The lowest BCUT2D eigenvalue weighted by molar-refractivity contribution is -0.111. The van der Waals surface area contributed by atoms with Gasteiger partial charge in [-0.05, 0) is 25.5 Å². The molecule has 180 valence electrons. The molecule has 4 rings (SSSR count). The summed E-state index contributed by atoms with van der Waals surface area (Å²) in [6, 6.07) is 5.42. The Morgan fingerprint density at radius 3 is 2.79 bits per heavy atom. The monoisotopic (exact) mass is 465 g/mol. The van der Waals surface area contributed by atoms with E-state index in [4.69, 9.17) is 19.4 Å². The fraction of sp³-hybridized carbons (Fsp3) is 0.417. The van der Waals surface area contributed by atoms with Crippen LogP contribution in [-0.2, 0) is 16.0 Å². The van der Waals surface area contributed by atoms with Gasteiger partial charge in [0.15, 0.2) is 5.82 Å². The summed E-state index contributed by atoms with van der Waals surface area (Å²) in [4.78, 5) is 29.7. The third-order valence-electron chi connectivity index (χ3n) is 5.74. The maximum absolute atomic E-state index is 11.8. The summed E-state index contributed by atoms with van der Waals surface area (Å²) in [6.45, 7) is 5.47. The summed E-state index contributed by atoms with van der Waals surface area (Å²) in [5, 5.41) is 3.32. The molecule has 3 aromatic rings. The molecule has 1 aliphatic rings. The van der Waals surface area contributed by atoms with Gasteiger partial charge in [-0.3, -0.25) is 0 Å². The molecule has 34 heavy (non-hydrogen) atoms. The van der Waals surface area contributed by atoms with Crippen molar-refractivity contribution < 1.29 is 14.3 Å². The van der Waals surface area contributed by atoms with Gasteiger partial charge in [-0.2, -0.15) is 4.98 Å². The van der Waals surface area contributed by atoms with Gasteiger partial charge in [-0.1, -0.05) is 6.92 Å². The van der Waals surface area contributed by atoms with Crippen LogP contribution in [0.15, 0.2) is 30.7 Å². The van der Waals surface area contributed by atoms with Crippen LogP contribution in [0.3, 0.4) is 0 Å². The SMILES string of the molecule is CCc1nc(Nc2ccc(-n3cnc(C)c3)c(OC)c2)nc(N2CCOCC2C=O)c1N(C)C. The fourth-order valence-corrected chi connectivity index (χ4v) is 4.10. The van der Waals surface area contributed by atoms with Crippen LogP contribution in [0.5, 0.6) is 5.75 Å². The molecule has 1 atom stereocenters. The van der Waals surface area contributed by atoms with E-state index in [1.54, 1.807) is 13.4 Å². The van der Waals surface area contributed by atoms with Crippen LogP contribution in [0.1, 0.15) is 18.3 Å². The summed E-state index contributed by atoms with van der Waals surface area (Å²) in [7, 11) is 5.57. The molecule has 0 amide bonds. The number of carbonyl (C=O) groups excluding carboxylic acids is 1. The van der Waals surface area contributed by atoms with E-state index in [1.165, 1.54) is 0 Å². The Bertz CT molecular complexity index is 1160. The molecular weight excluding hydrogens is 434 g/mol. The molecule has 0 spiro atoms. The van der Waals surface area contributed by atoms with Crippen molar-refractivity contribution in [3.63, 3.8) is 0 Å². The fourth-order valence-electron chi connectivity index (χ4n) is 4.10. The number of imidazole rings is 1. The van der Waals surface area contributed by atoms with Crippen molar-refractivity contribution >= 4 is 29.4 Å². The summed E-state index contributed by atoms with van der Waals surface area (Å²) in [5.74, 6) is 1.87. The summed E-state index contributed by atoms with van der Waals surface area (Å²) in [6.07, 6.45) is 5.34. The summed E-state index contributed by atoms with van der Waals surface area (Å²) < 4.78 is 13.1. The molecule has 1 aliphatic heterocycles. The number of methoxy groups -OCH3 is 1. The predicted octanol–water partition coefficient (Wildman–Crippen LogP) is 2.76. The van der Waals surface area contributed by atoms with Gasteiger partial charge in [0.05, 0.1) is 43.7 Å². The van der Waals surface area contributed by atoms with Crippen molar-refractivity contribution in [2.75, 3.05) is 56.1 Å². The third-order valence-corrected chi connectivity index (χ3v) is 5.74. The second kappa shape index (κ2) is 10.1. The lowest BCUT2D eigenvalue weighted by Crippen LogP contribution is -2.47. The van der Waals surface area contributed by atoms with Crippen molar-refractivity contribution in [1.29, 1.82) is 0 Å². The number of nitrogens with one attached hydrogen (secondary N) is 1. The molecule has 0 saturated carbocycles. The van der Waals surface area contributed by atoms with Crippen molar-refractivity contribution in [2.24, 2.45) is 0 Å². The van der Waals surface area contributed by atoms with E-state index in [0.29, 0.717) is 31.5 Å². The molecule has 1 fully saturated rings. The normalized spacial score (nSPS) is 15.8. The third kappa shape index (κ3) is 4.67. The predicted molar refractivity (Wildman–Crippen MR) is 132 cm³/mol. The number of rotatable bonds is 8. The second-order valence-corrected chi connectivity index (χ2v) is 8.32. The Kier molecular flexibility index (Phi) is 6.97. The number of nitrogens with zero attached hydrogens (tertiary/aromatic N) is 6. The van der Waals surface area contributed by atoms with Gasteiger partial charge in [-0.15, -0.1) is 0 Å². The molecular formula is C24H31N7O3. The van der Waals surface area contributed by atoms with Gasteiger partial charge < -0.3 is 34.0 Å². The van der Waals surface area contributed by atoms with Crippen molar-refractivity contribution in [3.8, 4) is 11.4 Å². The number of ether oxygens (including phenoxy) is 2. The molecule has 0 radical (unpaired) electrons. The maximum atomic E-state index is 11.8. The standard InChI is InChI=1S/C24H31N7O3/c1-6-19-22(29(3)4)23(31-9-10-34-14-18(31)13-32)28-24(27-19)26-17-7-8-20(21(11-17)33-5)30-12-16(2)25-15-30/h7-8,11-13,15,18H,6,9-10,14H2,1-5H3,(H,26,27,28). The minimum absolute atomic E-state index is 0.344. The van der Waals surface area contributed by atoms with Crippen molar-refractivity contribution in [2.45, 2.75) is 26.3 Å². The molecule has 1 saturated heterocycles. The van der Waals surface area contributed by atoms with Crippen LogP contribution >= 0.6 is 0 Å². The summed E-state index contributed by atoms with van der Waals surface area (Å²) in [5.41, 5.74) is 4.40. The topological polar surface area (TPSA) is 97.6 Å². The highest BCUT2D eigenvalue weighted by molar-refractivity contribution is 5.76. The number of aromatic nitrogens is 4. The number of anilines is 4. The molecule has 3 heterocycles. The van der Waals surface area contributed by atoms with E-state index >= 15 is 0 Å². The van der Waals surface area contributed by atoms with Gasteiger partial charge in [0.2, 0.25) is 5.95 Å². The average Bonchev–Trinajstić information content (AvgIpc) is 3.29. The quantitative estimate of drug-likeness (QED) is 0.504. The molecule has 10 heteroatoms. The zero-order valence-corrected chi connectivity index (χ0v) is 20.3. The number of hydrogen-bond donors (Lipinski definition) is 1. The zero-order chi connectivity index (χ0) is 24.2. The highest BCUT2D eigenvalue weighted by Gasteiger charge is 2.28. The lowest BCUT2D eigenvalue weighted by Gasteiger charge is -2.36. The van der Waals surface area contributed by atoms with Gasteiger partial charge >= 0.3 is 0 Å². The number of aldehydes is 1. The molecule has 1 aromatic carbocycles. The molecule has 1 N–H and O–H groups in total. The second-order valence-electron chi connectivity index (χ2n) is 8.32. The van der Waals surface area contributed by atoms with E-state index in [-0.39, 0.29) is 0 Å². The van der Waals surface area contributed by atoms with Crippen molar-refractivity contribution in [1.82, 2.24) is 19.5 Å². The Hall–Kier alpha value is -3.66. The summed E-state index contributed by atoms with van der Waals surface area (Å²) >= 11 is 0. The minimum atomic E-state index is -0.391. The number of morpholine rings is 1. The van der Waals surface area contributed by atoms with Gasteiger partial charge in [0.1, 0.15) is 23.8 Å². The Balaban J connectivity index is 1.72. The molecule has 0 aliphatic carbocycles. The van der Waals surface area contributed by atoms with Gasteiger partial charge in [0.25, 0.3) is 0 Å². The minimum Gasteiger partial charge on any atom is -0.494 e. The maximum Gasteiger partial charge on any atom is 0.229 e. The van der Waals surface area contributed by atoms with Gasteiger partial charge in [0, 0.05) is 38.6 Å². The van der Waals surface area contributed by atoms with Crippen LogP contribution in [0.4, 0.5) is 23.1 Å². The highest BCUT2D eigenvalue weighted by atomic mass is 16.5. The average molecular weight is 466 g/mol. The molecule has 1 unspecified atom stereocenters. The number of hydrogen-bond acceptors (Lipinski definition) is 9. The van der Waals surface area contributed by atoms with E-state index < -0.39 is 6.04 Å². The van der Waals surface area contributed by atoms with Crippen LogP contribution in [0.25, 0.3) is 5.69 Å². The first kappa shape index (κ1) is 23.5. The Labute approximate surface area is 199 Å². The first-order chi connectivity index (χ1) is 16.4. The molecule has 0 bridgehead atoms.